The zero-order valence-electron chi connectivity index (χ0n) is 11.2. The molecule has 0 amide bonds. The fourth-order valence-corrected chi connectivity index (χ4v) is 2.49. The number of phenols is 1. The molecule has 2 aromatic carbocycles. The normalized spacial score (nSPS) is 13.0. The van der Waals surface area contributed by atoms with Gasteiger partial charge in [0, 0.05) is 23.4 Å². The summed E-state index contributed by atoms with van der Waals surface area (Å²) >= 11 is 0. The Morgan fingerprint density at radius 3 is 2.71 bits per heavy atom. The van der Waals surface area contributed by atoms with Crippen molar-refractivity contribution in [2.24, 2.45) is 0 Å². The van der Waals surface area contributed by atoms with Gasteiger partial charge in [-0.2, -0.15) is 4.98 Å². The first kappa shape index (κ1) is 12.0. The van der Waals surface area contributed by atoms with E-state index in [9.17, 15) is 5.11 Å². The number of hydrogen-bond donors (Lipinski definition) is 2. The van der Waals surface area contributed by atoms with Crippen molar-refractivity contribution in [3.8, 4) is 28.6 Å². The van der Waals surface area contributed by atoms with Crippen LogP contribution in [0.4, 0.5) is 5.69 Å². The second-order valence-electron chi connectivity index (χ2n) is 5.02. The number of anilines is 1. The minimum Gasteiger partial charge on any atom is -0.508 e. The fraction of sp³-hybridized carbons (Fsp3) is 0.125. The van der Waals surface area contributed by atoms with Gasteiger partial charge in [-0.1, -0.05) is 11.2 Å². The number of phenolic OH excluding ortho intramolecular Hbond substituents is 1. The number of benzene rings is 2. The van der Waals surface area contributed by atoms with E-state index in [-0.39, 0.29) is 5.75 Å². The molecule has 2 N–H and O–H groups in total. The maximum Gasteiger partial charge on any atom is 0.258 e. The third-order valence-electron chi connectivity index (χ3n) is 3.62. The minimum absolute atomic E-state index is 0.215. The Balaban J connectivity index is 1.69. The molecule has 0 bridgehead atoms. The summed E-state index contributed by atoms with van der Waals surface area (Å²) in [4.78, 5) is 4.42. The van der Waals surface area contributed by atoms with E-state index in [0.29, 0.717) is 11.7 Å². The van der Waals surface area contributed by atoms with Crippen molar-refractivity contribution in [1.82, 2.24) is 10.1 Å². The quantitative estimate of drug-likeness (QED) is 0.754. The first-order valence-electron chi connectivity index (χ1n) is 6.80. The van der Waals surface area contributed by atoms with Crippen molar-refractivity contribution in [2.75, 3.05) is 11.9 Å². The highest BCUT2D eigenvalue weighted by Gasteiger charge is 2.15. The Bertz CT molecular complexity index is 794. The van der Waals surface area contributed by atoms with Gasteiger partial charge in [0.05, 0.1) is 0 Å². The smallest absolute Gasteiger partial charge is 0.258 e. The van der Waals surface area contributed by atoms with Gasteiger partial charge in [-0.15, -0.1) is 0 Å². The fourth-order valence-electron chi connectivity index (χ4n) is 2.49. The molecular weight excluding hydrogens is 266 g/mol. The summed E-state index contributed by atoms with van der Waals surface area (Å²) in [5.41, 5.74) is 4.16. The number of aromatic hydroxyl groups is 1. The maximum absolute atomic E-state index is 9.31. The lowest BCUT2D eigenvalue weighted by Crippen LogP contribution is -1.91. The van der Waals surface area contributed by atoms with Crippen molar-refractivity contribution in [1.29, 1.82) is 0 Å². The average molecular weight is 279 g/mol. The molecular formula is C16H13N3O2. The minimum atomic E-state index is 0.215. The molecule has 1 aliphatic heterocycles. The summed E-state index contributed by atoms with van der Waals surface area (Å²) in [6.07, 6.45) is 1.05. The van der Waals surface area contributed by atoms with Crippen LogP contribution in [0.15, 0.2) is 47.0 Å². The zero-order valence-corrected chi connectivity index (χ0v) is 11.2. The molecule has 0 aliphatic carbocycles. The van der Waals surface area contributed by atoms with E-state index in [1.54, 1.807) is 24.3 Å². The number of aromatic nitrogens is 2. The second kappa shape index (κ2) is 4.63. The zero-order chi connectivity index (χ0) is 14.2. The summed E-state index contributed by atoms with van der Waals surface area (Å²) in [6, 6.07) is 12.9. The predicted molar refractivity (Wildman–Crippen MR) is 79.0 cm³/mol. The van der Waals surface area contributed by atoms with E-state index < -0.39 is 0 Å². The number of nitrogens with one attached hydrogen (secondary N) is 1. The van der Waals surface area contributed by atoms with Crippen LogP contribution >= 0.6 is 0 Å². The van der Waals surface area contributed by atoms with Gasteiger partial charge in [0.1, 0.15) is 5.75 Å². The van der Waals surface area contributed by atoms with Crippen molar-refractivity contribution >= 4 is 5.69 Å². The first-order valence-corrected chi connectivity index (χ1v) is 6.80. The molecule has 21 heavy (non-hydrogen) atoms. The first-order chi connectivity index (χ1) is 10.3. The van der Waals surface area contributed by atoms with E-state index >= 15 is 0 Å². The summed E-state index contributed by atoms with van der Waals surface area (Å²) in [5, 5.41) is 16.6. The van der Waals surface area contributed by atoms with E-state index in [2.05, 4.69) is 21.5 Å². The van der Waals surface area contributed by atoms with E-state index in [1.807, 2.05) is 12.1 Å². The predicted octanol–water partition coefficient (Wildman–Crippen LogP) is 3.08. The molecule has 5 nitrogen and oxygen atoms in total. The molecule has 0 atom stereocenters. The average Bonchev–Trinajstić information content (AvgIpc) is 3.16. The molecule has 0 fully saturated rings. The highest BCUT2D eigenvalue weighted by atomic mass is 16.5. The summed E-state index contributed by atoms with van der Waals surface area (Å²) < 4.78 is 5.34. The molecule has 5 heteroatoms. The molecule has 0 saturated heterocycles. The Morgan fingerprint density at radius 1 is 1.05 bits per heavy atom. The number of rotatable bonds is 2. The Labute approximate surface area is 121 Å². The number of fused-ring (bicyclic) bond motifs is 1. The van der Waals surface area contributed by atoms with Crippen LogP contribution in [-0.2, 0) is 6.42 Å². The van der Waals surface area contributed by atoms with Crippen LogP contribution in [0.5, 0.6) is 5.75 Å². The lowest BCUT2D eigenvalue weighted by atomic mass is 10.1. The summed E-state index contributed by atoms with van der Waals surface area (Å²) in [7, 11) is 0. The lowest BCUT2D eigenvalue weighted by molar-refractivity contribution is 0.432. The van der Waals surface area contributed by atoms with Crippen molar-refractivity contribution in [2.45, 2.75) is 6.42 Å². The lowest BCUT2D eigenvalue weighted by Gasteiger charge is -2.00. The third-order valence-corrected chi connectivity index (χ3v) is 3.62. The topological polar surface area (TPSA) is 71.2 Å². The van der Waals surface area contributed by atoms with Crippen molar-refractivity contribution in [3.05, 3.63) is 48.0 Å². The van der Waals surface area contributed by atoms with E-state index in [1.165, 1.54) is 5.56 Å². The van der Waals surface area contributed by atoms with Crippen LogP contribution in [0.25, 0.3) is 22.8 Å². The van der Waals surface area contributed by atoms with Gasteiger partial charge < -0.3 is 14.9 Å². The van der Waals surface area contributed by atoms with Crippen LogP contribution in [0.3, 0.4) is 0 Å². The molecule has 1 aliphatic rings. The Kier molecular flexibility index (Phi) is 2.64. The van der Waals surface area contributed by atoms with Gasteiger partial charge in [0.2, 0.25) is 5.82 Å². The van der Waals surface area contributed by atoms with Crippen LogP contribution in [0.1, 0.15) is 5.56 Å². The standard InChI is InChI=1S/C16H13N3O2/c20-13-5-3-11(4-6-13)15-18-16(21-19-15)12-2-1-10-7-8-17-14(10)9-12/h1-6,9,17,20H,7-8H2. The van der Waals surface area contributed by atoms with Gasteiger partial charge in [-0.25, -0.2) is 0 Å². The van der Waals surface area contributed by atoms with Crippen LogP contribution in [-0.4, -0.2) is 21.8 Å². The molecule has 4 rings (SSSR count). The van der Waals surface area contributed by atoms with Gasteiger partial charge in [0.25, 0.3) is 5.89 Å². The molecule has 2 heterocycles. The van der Waals surface area contributed by atoms with E-state index in [0.717, 1.165) is 29.8 Å². The molecule has 1 aromatic heterocycles. The monoisotopic (exact) mass is 279 g/mol. The summed E-state index contributed by atoms with van der Waals surface area (Å²) in [5.74, 6) is 1.22. The molecule has 104 valence electrons. The number of hydrogen-bond acceptors (Lipinski definition) is 5. The van der Waals surface area contributed by atoms with E-state index in [4.69, 9.17) is 4.52 Å². The van der Waals surface area contributed by atoms with Gasteiger partial charge >= 0.3 is 0 Å². The number of nitrogens with zero attached hydrogens (tertiary/aromatic N) is 2. The SMILES string of the molecule is Oc1ccc(-c2noc(-c3ccc4c(c3)NCC4)n2)cc1. The molecule has 0 unspecified atom stereocenters. The van der Waals surface area contributed by atoms with Gasteiger partial charge in [-0.3, -0.25) is 0 Å². The second-order valence-corrected chi connectivity index (χ2v) is 5.02. The largest absolute Gasteiger partial charge is 0.508 e. The highest BCUT2D eigenvalue weighted by molar-refractivity contribution is 5.68. The molecule has 3 aromatic rings. The highest BCUT2D eigenvalue weighted by Crippen LogP contribution is 2.29. The maximum atomic E-state index is 9.31. The molecule has 0 saturated carbocycles. The molecule has 0 radical (unpaired) electrons. The van der Waals surface area contributed by atoms with Crippen molar-refractivity contribution in [3.63, 3.8) is 0 Å². The van der Waals surface area contributed by atoms with Crippen LogP contribution in [0.2, 0.25) is 0 Å². The third kappa shape index (κ3) is 2.12. The summed E-state index contributed by atoms with van der Waals surface area (Å²) in [6.45, 7) is 0.974. The Morgan fingerprint density at radius 2 is 1.86 bits per heavy atom. The molecule has 0 spiro atoms. The van der Waals surface area contributed by atoms with Gasteiger partial charge in [0.15, 0.2) is 0 Å². The van der Waals surface area contributed by atoms with Crippen molar-refractivity contribution < 1.29 is 9.63 Å². The van der Waals surface area contributed by atoms with Crippen LogP contribution < -0.4 is 5.32 Å². The van der Waals surface area contributed by atoms with Crippen LogP contribution in [0, 0.1) is 0 Å². The van der Waals surface area contributed by atoms with Gasteiger partial charge in [-0.05, 0) is 48.4 Å². The Hall–Kier alpha value is -2.82.